The van der Waals surface area contributed by atoms with E-state index in [0.29, 0.717) is 56.6 Å². The molecule has 45 heavy (non-hydrogen) atoms. The topological polar surface area (TPSA) is 109 Å². The van der Waals surface area contributed by atoms with Crippen LogP contribution >= 0.6 is 11.3 Å². The number of thiazole rings is 1. The van der Waals surface area contributed by atoms with Crippen LogP contribution in [0.3, 0.4) is 0 Å². The monoisotopic (exact) mass is 628 g/mol. The number of ether oxygens (including phenoxy) is 4. The van der Waals surface area contributed by atoms with Crippen LogP contribution in [0.2, 0.25) is 0 Å². The Bertz CT molecular complexity index is 1890. The van der Waals surface area contributed by atoms with Crippen LogP contribution in [0.15, 0.2) is 87.8 Å². The zero-order valence-electron chi connectivity index (χ0n) is 25.7. The number of aromatic hydroxyl groups is 1. The van der Waals surface area contributed by atoms with Crippen LogP contribution in [-0.4, -0.2) is 36.0 Å². The average Bonchev–Trinajstić information content (AvgIpc) is 3.35. The van der Waals surface area contributed by atoms with Gasteiger partial charge in [0.1, 0.15) is 6.61 Å². The van der Waals surface area contributed by atoms with Gasteiger partial charge >= 0.3 is 5.97 Å². The first-order valence-electron chi connectivity index (χ1n) is 14.8. The number of fused-ring (bicyclic) bond motifs is 1. The largest absolute Gasteiger partial charge is 0.504 e. The highest BCUT2D eigenvalue weighted by molar-refractivity contribution is 7.07. The van der Waals surface area contributed by atoms with Crippen LogP contribution in [-0.2, 0) is 16.1 Å². The molecule has 0 saturated carbocycles. The number of carbonyl (C=O) groups is 1. The van der Waals surface area contributed by atoms with Crippen LogP contribution < -0.4 is 29.1 Å². The van der Waals surface area contributed by atoms with Gasteiger partial charge in [0.2, 0.25) is 0 Å². The lowest BCUT2D eigenvalue weighted by atomic mass is 9.95. The van der Waals surface area contributed by atoms with Gasteiger partial charge in [0.25, 0.3) is 5.56 Å². The fourth-order valence-corrected chi connectivity index (χ4v) is 6.09. The molecule has 1 aromatic heterocycles. The van der Waals surface area contributed by atoms with Crippen molar-refractivity contribution in [3.05, 3.63) is 114 Å². The molecule has 0 aliphatic carbocycles. The maximum absolute atomic E-state index is 14.1. The number of carbonyl (C=O) groups excluding carboxylic acids is 1. The second-order valence-corrected chi connectivity index (χ2v) is 11.4. The van der Waals surface area contributed by atoms with E-state index >= 15 is 0 Å². The number of phenolic OH excluding ortho intramolecular Hbond substituents is 1. The van der Waals surface area contributed by atoms with Gasteiger partial charge in [0.15, 0.2) is 27.8 Å². The van der Waals surface area contributed by atoms with E-state index in [1.807, 2.05) is 43.3 Å². The maximum atomic E-state index is 14.1. The SMILES string of the molecule is CCCCOc1ccc(C2C(C(=O)OCc3ccccc3)=C(C)N=c3sc(=Cc4ccc(O)c(OCC)c4)c(=O)n32)cc1OC. The minimum absolute atomic E-state index is 0.0146. The average molecular weight is 629 g/mol. The van der Waals surface area contributed by atoms with E-state index in [9.17, 15) is 14.7 Å². The number of allylic oxidation sites excluding steroid dienone is 1. The molecule has 0 amide bonds. The van der Waals surface area contributed by atoms with E-state index in [-0.39, 0.29) is 23.5 Å². The summed E-state index contributed by atoms with van der Waals surface area (Å²) in [5, 5.41) is 10.1. The lowest BCUT2D eigenvalue weighted by molar-refractivity contribution is -0.140. The summed E-state index contributed by atoms with van der Waals surface area (Å²) in [5.74, 6) is 0.838. The lowest BCUT2D eigenvalue weighted by Crippen LogP contribution is -2.39. The molecule has 0 radical (unpaired) electrons. The van der Waals surface area contributed by atoms with Crippen molar-refractivity contribution in [2.24, 2.45) is 4.99 Å². The summed E-state index contributed by atoms with van der Waals surface area (Å²) in [5.41, 5.74) is 2.55. The molecule has 9 nitrogen and oxygen atoms in total. The Morgan fingerprint density at radius 1 is 1.02 bits per heavy atom. The molecule has 1 unspecified atom stereocenters. The third-order valence-corrected chi connectivity index (χ3v) is 8.28. The summed E-state index contributed by atoms with van der Waals surface area (Å²) in [7, 11) is 1.56. The summed E-state index contributed by atoms with van der Waals surface area (Å²) < 4.78 is 24.8. The number of unbranched alkanes of at least 4 members (excludes halogenated alkanes) is 1. The molecule has 10 heteroatoms. The molecular weight excluding hydrogens is 592 g/mol. The highest BCUT2D eigenvalue weighted by Gasteiger charge is 2.34. The van der Waals surface area contributed by atoms with E-state index in [4.69, 9.17) is 23.9 Å². The number of methoxy groups -OCH3 is 1. The molecule has 5 rings (SSSR count). The molecule has 1 aliphatic rings. The Hall–Kier alpha value is -4.83. The predicted molar refractivity (Wildman–Crippen MR) is 173 cm³/mol. The Morgan fingerprint density at radius 2 is 1.82 bits per heavy atom. The van der Waals surface area contributed by atoms with Crippen molar-refractivity contribution in [2.75, 3.05) is 20.3 Å². The van der Waals surface area contributed by atoms with Crippen molar-refractivity contribution in [1.29, 1.82) is 0 Å². The summed E-state index contributed by atoms with van der Waals surface area (Å²) in [6, 6.07) is 18.9. The molecule has 234 valence electrons. The minimum Gasteiger partial charge on any atom is -0.504 e. The third kappa shape index (κ3) is 6.96. The quantitative estimate of drug-likeness (QED) is 0.168. The van der Waals surface area contributed by atoms with Gasteiger partial charge < -0.3 is 24.1 Å². The van der Waals surface area contributed by atoms with Gasteiger partial charge in [0.05, 0.1) is 42.2 Å². The molecular formula is C35H36N2O7S. The van der Waals surface area contributed by atoms with E-state index < -0.39 is 12.0 Å². The molecule has 1 atom stereocenters. The molecule has 1 aliphatic heterocycles. The Labute approximate surface area is 265 Å². The fraction of sp³-hybridized carbons (Fsp3) is 0.286. The van der Waals surface area contributed by atoms with Gasteiger partial charge in [-0.05, 0) is 67.3 Å². The summed E-state index contributed by atoms with van der Waals surface area (Å²) in [6.07, 6.45) is 3.61. The van der Waals surface area contributed by atoms with Gasteiger partial charge in [-0.15, -0.1) is 0 Å². The van der Waals surface area contributed by atoms with E-state index in [2.05, 4.69) is 6.92 Å². The van der Waals surface area contributed by atoms with Crippen molar-refractivity contribution >= 4 is 23.4 Å². The molecule has 1 N–H and O–H groups in total. The number of benzene rings is 3. The maximum Gasteiger partial charge on any atom is 0.338 e. The van der Waals surface area contributed by atoms with Crippen LogP contribution in [0, 0.1) is 0 Å². The van der Waals surface area contributed by atoms with Crippen LogP contribution in [0.5, 0.6) is 23.0 Å². The number of nitrogens with zero attached hydrogens (tertiary/aromatic N) is 2. The Balaban J connectivity index is 1.62. The van der Waals surface area contributed by atoms with Gasteiger partial charge in [-0.1, -0.05) is 67.1 Å². The van der Waals surface area contributed by atoms with Crippen molar-refractivity contribution in [3.8, 4) is 23.0 Å². The molecule has 0 bridgehead atoms. The standard InChI is InChI=1S/C35H36N2O7S/c1-5-7-17-43-27-16-14-25(20-29(27)41-4)32-31(34(40)44-21-23-11-9-8-10-12-23)22(3)36-35-37(32)33(39)30(45-35)19-24-13-15-26(38)28(18-24)42-6-2/h8-16,18-20,32,38H,5-7,17,21H2,1-4H3. The number of phenols is 1. The Kier molecular flexibility index (Phi) is 10.0. The first kappa shape index (κ1) is 31.6. The predicted octanol–water partition coefficient (Wildman–Crippen LogP) is 5.27. The first-order chi connectivity index (χ1) is 21.8. The molecule has 4 aromatic rings. The number of esters is 1. The minimum atomic E-state index is -0.830. The van der Waals surface area contributed by atoms with Crippen LogP contribution in [0.25, 0.3) is 6.08 Å². The van der Waals surface area contributed by atoms with Crippen molar-refractivity contribution in [2.45, 2.75) is 46.3 Å². The molecule has 0 spiro atoms. The summed E-state index contributed by atoms with van der Waals surface area (Å²) >= 11 is 1.22. The van der Waals surface area contributed by atoms with E-state index in [0.717, 1.165) is 18.4 Å². The second kappa shape index (κ2) is 14.3. The first-order valence-corrected chi connectivity index (χ1v) is 15.7. The van der Waals surface area contributed by atoms with Crippen molar-refractivity contribution in [3.63, 3.8) is 0 Å². The van der Waals surface area contributed by atoms with E-state index in [1.54, 1.807) is 44.4 Å². The van der Waals surface area contributed by atoms with Crippen LogP contribution in [0.1, 0.15) is 56.3 Å². The molecule has 0 fully saturated rings. The molecule has 0 saturated heterocycles. The normalized spacial score (nSPS) is 14.5. The number of aromatic nitrogens is 1. The lowest BCUT2D eigenvalue weighted by Gasteiger charge is -2.25. The summed E-state index contributed by atoms with van der Waals surface area (Å²) in [4.78, 5) is 33.0. The second-order valence-electron chi connectivity index (χ2n) is 10.4. The van der Waals surface area contributed by atoms with Gasteiger partial charge in [-0.25, -0.2) is 9.79 Å². The number of hydrogen-bond acceptors (Lipinski definition) is 9. The smallest absolute Gasteiger partial charge is 0.338 e. The fourth-order valence-electron chi connectivity index (χ4n) is 5.04. The highest BCUT2D eigenvalue weighted by atomic mass is 32.1. The van der Waals surface area contributed by atoms with Gasteiger partial charge in [-0.3, -0.25) is 9.36 Å². The zero-order chi connectivity index (χ0) is 31.9. The number of rotatable bonds is 12. The van der Waals surface area contributed by atoms with Gasteiger partial charge in [-0.2, -0.15) is 0 Å². The third-order valence-electron chi connectivity index (χ3n) is 7.29. The van der Waals surface area contributed by atoms with Crippen molar-refractivity contribution < 1.29 is 28.8 Å². The number of hydrogen-bond donors (Lipinski definition) is 1. The van der Waals surface area contributed by atoms with Crippen LogP contribution in [0.4, 0.5) is 0 Å². The van der Waals surface area contributed by atoms with Crippen molar-refractivity contribution in [1.82, 2.24) is 4.57 Å². The molecule has 2 heterocycles. The zero-order valence-corrected chi connectivity index (χ0v) is 26.6. The van der Waals surface area contributed by atoms with E-state index in [1.165, 1.54) is 22.0 Å². The summed E-state index contributed by atoms with van der Waals surface area (Å²) in [6.45, 7) is 6.66. The molecule has 3 aromatic carbocycles. The Morgan fingerprint density at radius 3 is 2.56 bits per heavy atom. The highest BCUT2D eigenvalue weighted by Crippen LogP contribution is 2.36. The van der Waals surface area contributed by atoms with Gasteiger partial charge in [0, 0.05) is 0 Å².